The van der Waals surface area contributed by atoms with E-state index in [2.05, 4.69) is 4.74 Å². The van der Waals surface area contributed by atoms with Gasteiger partial charge in [0, 0.05) is 12.1 Å². The standard InChI is InChI=1S/C16H15F2NO6S/c1-23-13-7-10(16(20)25-3)12(8-14(13)24-2)19-26(21,22)15-6-9(17)4-5-11(15)18/h4-8,19H,1-3H3. The maximum Gasteiger partial charge on any atom is 0.340 e. The van der Waals surface area contributed by atoms with Gasteiger partial charge in [-0.25, -0.2) is 22.0 Å². The van der Waals surface area contributed by atoms with Crippen LogP contribution in [0, 0.1) is 11.6 Å². The maximum atomic E-state index is 13.8. The largest absolute Gasteiger partial charge is 0.493 e. The van der Waals surface area contributed by atoms with Gasteiger partial charge in [0.25, 0.3) is 10.0 Å². The predicted octanol–water partition coefficient (Wildman–Crippen LogP) is 2.57. The number of benzene rings is 2. The summed E-state index contributed by atoms with van der Waals surface area (Å²) in [7, 11) is -0.814. The Kier molecular flexibility index (Phi) is 5.66. The molecular weight excluding hydrogens is 372 g/mol. The number of halogens is 2. The third-order valence-electron chi connectivity index (χ3n) is 3.36. The van der Waals surface area contributed by atoms with Crippen molar-refractivity contribution < 1.29 is 36.2 Å². The summed E-state index contributed by atoms with van der Waals surface area (Å²) in [5.74, 6) is -2.71. The molecule has 2 aromatic carbocycles. The number of hydrogen-bond donors (Lipinski definition) is 1. The SMILES string of the molecule is COC(=O)c1cc(OC)c(OC)cc1NS(=O)(=O)c1cc(F)ccc1F. The van der Waals surface area contributed by atoms with E-state index in [1.165, 1.54) is 26.4 Å². The fourth-order valence-electron chi connectivity index (χ4n) is 2.13. The molecule has 10 heteroatoms. The second-order valence-corrected chi connectivity index (χ2v) is 6.58. The maximum absolute atomic E-state index is 13.8. The van der Waals surface area contributed by atoms with Crippen LogP contribution in [0.2, 0.25) is 0 Å². The molecule has 0 heterocycles. The molecular formula is C16H15F2NO6S. The molecule has 0 aromatic heterocycles. The third-order valence-corrected chi connectivity index (χ3v) is 4.74. The number of rotatable bonds is 6. The minimum absolute atomic E-state index is 0.109. The lowest BCUT2D eigenvalue weighted by Gasteiger charge is -2.15. The molecule has 2 aromatic rings. The molecule has 26 heavy (non-hydrogen) atoms. The molecule has 0 fully saturated rings. The molecule has 0 saturated heterocycles. The van der Waals surface area contributed by atoms with Gasteiger partial charge in [-0.2, -0.15) is 0 Å². The number of carbonyl (C=O) groups excluding carboxylic acids is 1. The molecule has 0 amide bonds. The Hall–Kier alpha value is -2.88. The van der Waals surface area contributed by atoms with Crippen LogP contribution in [0.3, 0.4) is 0 Å². The molecule has 140 valence electrons. The normalized spacial score (nSPS) is 11.0. The monoisotopic (exact) mass is 387 g/mol. The Morgan fingerprint density at radius 1 is 1.00 bits per heavy atom. The first kappa shape index (κ1) is 19.4. The molecule has 0 aliphatic carbocycles. The zero-order chi connectivity index (χ0) is 19.5. The van der Waals surface area contributed by atoms with Crippen molar-refractivity contribution in [1.82, 2.24) is 0 Å². The summed E-state index contributed by atoms with van der Waals surface area (Å²) in [5, 5.41) is 0. The van der Waals surface area contributed by atoms with Crippen LogP contribution in [0.4, 0.5) is 14.5 Å². The minimum atomic E-state index is -4.54. The topological polar surface area (TPSA) is 90.9 Å². The summed E-state index contributed by atoms with van der Waals surface area (Å²) in [6.45, 7) is 0. The third kappa shape index (κ3) is 3.85. The van der Waals surface area contributed by atoms with Gasteiger partial charge in [0.15, 0.2) is 11.5 Å². The highest BCUT2D eigenvalue weighted by molar-refractivity contribution is 7.92. The number of nitrogens with one attached hydrogen (secondary N) is 1. The molecule has 0 aliphatic rings. The number of methoxy groups -OCH3 is 3. The van der Waals surface area contributed by atoms with Crippen molar-refractivity contribution in [3.8, 4) is 11.5 Å². The van der Waals surface area contributed by atoms with E-state index in [1.807, 2.05) is 4.72 Å². The molecule has 0 saturated carbocycles. The number of hydrogen-bond acceptors (Lipinski definition) is 6. The van der Waals surface area contributed by atoms with Crippen LogP contribution in [0.5, 0.6) is 11.5 Å². The summed E-state index contributed by atoms with van der Waals surface area (Å²) in [6, 6.07) is 4.35. The molecule has 7 nitrogen and oxygen atoms in total. The molecule has 0 spiro atoms. The van der Waals surface area contributed by atoms with E-state index >= 15 is 0 Å². The predicted molar refractivity (Wildman–Crippen MR) is 88.1 cm³/mol. The van der Waals surface area contributed by atoms with Crippen LogP contribution in [-0.4, -0.2) is 35.7 Å². The van der Waals surface area contributed by atoms with Crippen LogP contribution >= 0.6 is 0 Å². The van der Waals surface area contributed by atoms with Gasteiger partial charge in [0.2, 0.25) is 0 Å². The van der Waals surface area contributed by atoms with Gasteiger partial charge >= 0.3 is 5.97 Å². The Morgan fingerprint density at radius 3 is 2.19 bits per heavy atom. The van der Waals surface area contributed by atoms with E-state index in [-0.39, 0.29) is 22.7 Å². The Balaban J connectivity index is 2.60. The fourth-order valence-corrected chi connectivity index (χ4v) is 3.29. The molecule has 0 unspecified atom stereocenters. The lowest BCUT2D eigenvalue weighted by atomic mass is 10.1. The van der Waals surface area contributed by atoms with Crippen molar-refractivity contribution in [1.29, 1.82) is 0 Å². The summed E-state index contributed by atoms with van der Waals surface area (Å²) < 4.78 is 68.8. The van der Waals surface area contributed by atoms with Crippen LogP contribution in [0.1, 0.15) is 10.4 Å². The van der Waals surface area contributed by atoms with Crippen molar-refractivity contribution in [3.63, 3.8) is 0 Å². The highest BCUT2D eigenvalue weighted by Gasteiger charge is 2.25. The summed E-state index contributed by atoms with van der Waals surface area (Å²) >= 11 is 0. The van der Waals surface area contributed by atoms with Gasteiger partial charge in [0.1, 0.15) is 16.5 Å². The van der Waals surface area contributed by atoms with Gasteiger partial charge in [-0.15, -0.1) is 0 Å². The van der Waals surface area contributed by atoms with E-state index in [0.717, 1.165) is 13.2 Å². The highest BCUT2D eigenvalue weighted by Crippen LogP contribution is 2.35. The first-order chi connectivity index (χ1) is 12.2. The van der Waals surface area contributed by atoms with E-state index < -0.39 is 32.5 Å². The Bertz CT molecular complexity index is 946. The van der Waals surface area contributed by atoms with E-state index in [4.69, 9.17) is 9.47 Å². The minimum Gasteiger partial charge on any atom is -0.493 e. The number of carbonyl (C=O) groups is 1. The molecule has 0 atom stereocenters. The van der Waals surface area contributed by atoms with Gasteiger partial charge in [0.05, 0.1) is 32.6 Å². The van der Waals surface area contributed by atoms with Gasteiger partial charge in [-0.1, -0.05) is 0 Å². The van der Waals surface area contributed by atoms with Crippen molar-refractivity contribution in [2.75, 3.05) is 26.1 Å². The lowest BCUT2D eigenvalue weighted by Crippen LogP contribution is -2.18. The smallest absolute Gasteiger partial charge is 0.340 e. The number of sulfonamides is 1. The highest BCUT2D eigenvalue weighted by atomic mass is 32.2. The van der Waals surface area contributed by atoms with E-state index in [1.54, 1.807) is 0 Å². The lowest BCUT2D eigenvalue weighted by molar-refractivity contribution is 0.0601. The number of ether oxygens (including phenoxy) is 3. The van der Waals surface area contributed by atoms with Gasteiger partial charge in [-0.05, 0) is 18.2 Å². The average Bonchev–Trinajstić information content (AvgIpc) is 2.62. The fraction of sp³-hybridized carbons (Fsp3) is 0.188. The Morgan fingerprint density at radius 2 is 1.62 bits per heavy atom. The van der Waals surface area contributed by atoms with E-state index in [0.29, 0.717) is 12.1 Å². The van der Waals surface area contributed by atoms with Crippen LogP contribution in [0.25, 0.3) is 0 Å². The van der Waals surface area contributed by atoms with Crippen molar-refractivity contribution >= 4 is 21.7 Å². The second-order valence-electron chi connectivity index (χ2n) is 4.92. The molecule has 0 aliphatic heterocycles. The first-order valence-electron chi connectivity index (χ1n) is 7.05. The average molecular weight is 387 g/mol. The summed E-state index contributed by atoms with van der Waals surface area (Å²) in [4.78, 5) is 11.0. The summed E-state index contributed by atoms with van der Waals surface area (Å²) in [5.41, 5.74) is -0.455. The van der Waals surface area contributed by atoms with Crippen LogP contribution < -0.4 is 14.2 Å². The second kappa shape index (κ2) is 7.56. The van der Waals surface area contributed by atoms with Gasteiger partial charge in [-0.3, -0.25) is 4.72 Å². The van der Waals surface area contributed by atoms with E-state index in [9.17, 15) is 22.0 Å². The Labute approximate surface area is 148 Å². The first-order valence-corrected chi connectivity index (χ1v) is 8.54. The molecule has 1 N–H and O–H groups in total. The number of anilines is 1. The zero-order valence-corrected chi connectivity index (χ0v) is 14.8. The summed E-state index contributed by atoms with van der Waals surface area (Å²) in [6.07, 6.45) is 0. The quantitative estimate of drug-likeness (QED) is 0.766. The van der Waals surface area contributed by atoms with Crippen molar-refractivity contribution in [2.24, 2.45) is 0 Å². The molecule has 0 bridgehead atoms. The van der Waals surface area contributed by atoms with Crippen molar-refractivity contribution in [2.45, 2.75) is 4.90 Å². The van der Waals surface area contributed by atoms with Crippen LogP contribution in [0.15, 0.2) is 35.2 Å². The molecule has 0 radical (unpaired) electrons. The molecule has 2 rings (SSSR count). The zero-order valence-electron chi connectivity index (χ0n) is 14.0. The van der Waals surface area contributed by atoms with Crippen LogP contribution in [-0.2, 0) is 14.8 Å². The number of esters is 1. The van der Waals surface area contributed by atoms with Crippen molar-refractivity contribution in [3.05, 3.63) is 47.5 Å². The van der Waals surface area contributed by atoms with Gasteiger partial charge < -0.3 is 14.2 Å².